The Balaban J connectivity index is 3.23. The highest BCUT2D eigenvalue weighted by molar-refractivity contribution is 6.31. The van der Waals surface area contributed by atoms with E-state index in [9.17, 15) is 4.79 Å². The lowest BCUT2D eigenvalue weighted by molar-refractivity contribution is 0.0599. The SMILES string of the molecule is CCCCc1c(OC)cc(Cl)cc1C(=O)OC. The zero-order chi connectivity index (χ0) is 12.8. The number of unbranched alkanes of at least 4 members (excludes halogenated alkanes) is 1. The standard InChI is InChI=1S/C13H17ClO3/c1-4-5-6-10-11(13(15)17-3)7-9(14)8-12(10)16-2/h7-8H,4-6H2,1-3H3. The Kier molecular flexibility index (Phi) is 5.29. The molecule has 0 bridgehead atoms. The van der Waals surface area contributed by atoms with Crippen molar-refractivity contribution in [2.24, 2.45) is 0 Å². The molecule has 94 valence electrons. The summed E-state index contributed by atoms with van der Waals surface area (Å²) in [5, 5.41) is 0.475. The zero-order valence-electron chi connectivity index (χ0n) is 10.4. The van der Waals surface area contributed by atoms with E-state index in [1.807, 2.05) is 0 Å². The van der Waals surface area contributed by atoms with E-state index in [0.717, 1.165) is 24.8 Å². The Bertz CT molecular complexity index is 402. The molecule has 0 aliphatic carbocycles. The van der Waals surface area contributed by atoms with Crippen LogP contribution in [0, 0.1) is 0 Å². The van der Waals surface area contributed by atoms with E-state index in [4.69, 9.17) is 21.1 Å². The fourth-order valence-electron chi connectivity index (χ4n) is 1.70. The third-order valence-electron chi connectivity index (χ3n) is 2.58. The first-order valence-corrected chi connectivity index (χ1v) is 5.96. The van der Waals surface area contributed by atoms with Crippen LogP contribution >= 0.6 is 11.6 Å². The van der Waals surface area contributed by atoms with E-state index in [1.54, 1.807) is 19.2 Å². The van der Waals surface area contributed by atoms with Crippen LogP contribution in [0.3, 0.4) is 0 Å². The smallest absolute Gasteiger partial charge is 0.338 e. The number of methoxy groups -OCH3 is 2. The number of esters is 1. The van der Waals surface area contributed by atoms with Gasteiger partial charge in [-0.1, -0.05) is 24.9 Å². The van der Waals surface area contributed by atoms with E-state index < -0.39 is 0 Å². The highest BCUT2D eigenvalue weighted by Gasteiger charge is 2.17. The van der Waals surface area contributed by atoms with Crippen LogP contribution < -0.4 is 4.74 Å². The summed E-state index contributed by atoms with van der Waals surface area (Å²) in [5.41, 5.74) is 1.36. The summed E-state index contributed by atoms with van der Waals surface area (Å²) >= 11 is 5.95. The fraction of sp³-hybridized carbons (Fsp3) is 0.462. The summed E-state index contributed by atoms with van der Waals surface area (Å²) in [6.07, 6.45) is 2.82. The molecule has 0 heterocycles. The van der Waals surface area contributed by atoms with Crippen LogP contribution in [-0.2, 0) is 11.2 Å². The van der Waals surface area contributed by atoms with Crippen LogP contribution in [0.2, 0.25) is 5.02 Å². The molecule has 0 saturated carbocycles. The van der Waals surface area contributed by atoms with Gasteiger partial charge in [0.1, 0.15) is 5.75 Å². The van der Waals surface area contributed by atoms with E-state index in [0.29, 0.717) is 16.3 Å². The van der Waals surface area contributed by atoms with Crippen LogP contribution in [0.25, 0.3) is 0 Å². The highest BCUT2D eigenvalue weighted by Crippen LogP contribution is 2.29. The maximum Gasteiger partial charge on any atom is 0.338 e. The van der Waals surface area contributed by atoms with Gasteiger partial charge in [0.15, 0.2) is 0 Å². The molecule has 4 heteroatoms. The third-order valence-corrected chi connectivity index (χ3v) is 2.80. The molecule has 0 amide bonds. The van der Waals surface area contributed by atoms with Crippen molar-refractivity contribution in [3.05, 3.63) is 28.3 Å². The van der Waals surface area contributed by atoms with Gasteiger partial charge in [0.05, 0.1) is 19.8 Å². The van der Waals surface area contributed by atoms with Gasteiger partial charge in [-0.25, -0.2) is 4.79 Å². The quantitative estimate of drug-likeness (QED) is 0.757. The molecule has 0 N–H and O–H groups in total. The predicted molar refractivity (Wildman–Crippen MR) is 68.0 cm³/mol. The minimum absolute atomic E-state index is 0.378. The molecule has 0 aromatic heterocycles. The van der Waals surface area contributed by atoms with Gasteiger partial charge in [-0.05, 0) is 25.0 Å². The number of carbonyl (C=O) groups excluding carboxylic acids is 1. The van der Waals surface area contributed by atoms with Gasteiger partial charge in [-0.15, -0.1) is 0 Å². The summed E-state index contributed by atoms with van der Waals surface area (Å²) in [5.74, 6) is 0.267. The summed E-state index contributed by atoms with van der Waals surface area (Å²) in [6, 6.07) is 3.35. The summed E-state index contributed by atoms with van der Waals surface area (Å²) < 4.78 is 10.0. The minimum atomic E-state index is -0.378. The van der Waals surface area contributed by atoms with Crippen LogP contribution in [0.1, 0.15) is 35.7 Å². The third kappa shape index (κ3) is 3.37. The topological polar surface area (TPSA) is 35.5 Å². The first kappa shape index (κ1) is 13.8. The number of benzene rings is 1. The Hall–Kier alpha value is -1.22. The zero-order valence-corrected chi connectivity index (χ0v) is 11.1. The molecule has 0 aliphatic rings. The number of hydrogen-bond donors (Lipinski definition) is 0. The largest absolute Gasteiger partial charge is 0.496 e. The van der Waals surface area contributed by atoms with E-state index in [-0.39, 0.29) is 5.97 Å². The molecule has 0 unspecified atom stereocenters. The van der Waals surface area contributed by atoms with Crippen molar-refractivity contribution >= 4 is 17.6 Å². The van der Waals surface area contributed by atoms with Crippen molar-refractivity contribution in [2.45, 2.75) is 26.2 Å². The van der Waals surface area contributed by atoms with Crippen molar-refractivity contribution in [2.75, 3.05) is 14.2 Å². The Morgan fingerprint density at radius 3 is 2.59 bits per heavy atom. The molecule has 0 spiro atoms. The van der Waals surface area contributed by atoms with Gasteiger partial charge in [-0.2, -0.15) is 0 Å². The number of hydrogen-bond acceptors (Lipinski definition) is 3. The predicted octanol–water partition coefficient (Wildman–Crippen LogP) is 3.48. The molecule has 3 nitrogen and oxygen atoms in total. The van der Waals surface area contributed by atoms with Crippen LogP contribution in [0.4, 0.5) is 0 Å². The van der Waals surface area contributed by atoms with E-state index >= 15 is 0 Å². The molecular weight excluding hydrogens is 240 g/mol. The van der Waals surface area contributed by atoms with Gasteiger partial charge < -0.3 is 9.47 Å². The van der Waals surface area contributed by atoms with Crippen molar-refractivity contribution in [1.82, 2.24) is 0 Å². The average molecular weight is 257 g/mol. The van der Waals surface area contributed by atoms with Crippen LogP contribution in [0.15, 0.2) is 12.1 Å². The van der Waals surface area contributed by atoms with Crippen molar-refractivity contribution in [3.8, 4) is 5.75 Å². The van der Waals surface area contributed by atoms with Gasteiger partial charge in [0.2, 0.25) is 0 Å². The molecule has 1 rings (SSSR count). The molecule has 0 atom stereocenters. The molecule has 17 heavy (non-hydrogen) atoms. The van der Waals surface area contributed by atoms with Crippen LogP contribution in [-0.4, -0.2) is 20.2 Å². The van der Waals surface area contributed by atoms with Gasteiger partial charge >= 0.3 is 5.97 Å². The lowest BCUT2D eigenvalue weighted by Crippen LogP contribution is -2.07. The molecule has 1 aromatic carbocycles. The normalized spacial score (nSPS) is 10.1. The Labute approximate surface area is 107 Å². The molecule has 1 aromatic rings. The molecule has 0 aliphatic heterocycles. The molecule has 0 fully saturated rings. The molecule has 0 radical (unpaired) electrons. The lowest BCUT2D eigenvalue weighted by Gasteiger charge is -2.13. The van der Waals surface area contributed by atoms with Crippen LogP contribution in [0.5, 0.6) is 5.75 Å². The highest BCUT2D eigenvalue weighted by atomic mass is 35.5. The fourth-order valence-corrected chi connectivity index (χ4v) is 1.91. The van der Waals surface area contributed by atoms with Gasteiger partial charge in [0.25, 0.3) is 0 Å². The van der Waals surface area contributed by atoms with Crippen molar-refractivity contribution < 1.29 is 14.3 Å². The first-order valence-electron chi connectivity index (χ1n) is 5.58. The second-order valence-electron chi connectivity index (χ2n) is 3.73. The first-order chi connectivity index (χ1) is 8.13. The maximum atomic E-state index is 11.7. The minimum Gasteiger partial charge on any atom is -0.496 e. The number of halogens is 1. The second kappa shape index (κ2) is 6.50. The monoisotopic (exact) mass is 256 g/mol. The Morgan fingerprint density at radius 1 is 1.35 bits per heavy atom. The maximum absolute atomic E-state index is 11.7. The average Bonchev–Trinajstić information content (AvgIpc) is 2.35. The van der Waals surface area contributed by atoms with Gasteiger partial charge in [0, 0.05) is 10.6 Å². The summed E-state index contributed by atoms with van der Waals surface area (Å²) in [4.78, 5) is 11.7. The number of carbonyl (C=O) groups is 1. The number of ether oxygens (including phenoxy) is 2. The van der Waals surface area contributed by atoms with Crippen molar-refractivity contribution in [1.29, 1.82) is 0 Å². The molecular formula is C13H17ClO3. The van der Waals surface area contributed by atoms with E-state index in [2.05, 4.69) is 6.92 Å². The Morgan fingerprint density at radius 2 is 2.06 bits per heavy atom. The number of rotatable bonds is 5. The summed E-state index contributed by atoms with van der Waals surface area (Å²) in [6.45, 7) is 2.10. The summed E-state index contributed by atoms with van der Waals surface area (Å²) in [7, 11) is 2.93. The van der Waals surface area contributed by atoms with Gasteiger partial charge in [-0.3, -0.25) is 0 Å². The molecule has 0 saturated heterocycles. The lowest BCUT2D eigenvalue weighted by atomic mass is 10.0. The van der Waals surface area contributed by atoms with Crippen molar-refractivity contribution in [3.63, 3.8) is 0 Å². The second-order valence-corrected chi connectivity index (χ2v) is 4.17. The van der Waals surface area contributed by atoms with E-state index in [1.165, 1.54) is 7.11 Å².